The Kier molecular flexibility index (Phi) is 5.62. The van der Waals surface area contributed by atoms with Gasteiger partial charge in [-0.15, -0.1) is 11.3 Å². The van der Waals surface area contributed by atoms with Crippen molar-refractivity contribution in [2.45, 2.75) is 63.6 Å². The second-order valence-electron chi connectivity index (χ2n) is 10.2. The summed E-state index contributed by atoms with van der Waals surface area (Å²) in [7, 11) is 0. The summed E-state index contributed by atoms with van der Waals surface area (Å²) in [5.74, 6) is 2.15. The van der Waals surface area contributed by atoms with Crippen LogP contribution in [0.15, 0.2) is 17.5 Å². The third kappa shape index (κ3) is 4.30. The monoisotopic (exact) mass is 430 g/mol. The predicted molar refractivity (Wildman–Crippen MR) is 118 cm³/mol. The molecule has 6 rings (SSSR count). The molecule has 2 heterocycles. The SMILES string of the molecule is C[C@H](C(=O)NC(=O)NC12CC3CC(CC(C3)C1)C2)N1CCN(Cc2cccs2)CC1. The molecule has 0 aromatic carbocycles. The normalized spacial score (nSPS) is 34.6. The Hall–Kier alpha value is -1.44. The first-order chi connectivity index (χ1) is 14.5. The smallest absolute Gasteiger partial charge is 0.321 e. The Morgan fingerprint density at radius 1 is 1.10 bits per heavy atom. The number of thiophene rings is 1. The van der Waals surface area contributed by atoms with Gasteiger partial charge in [-0.25, -0.2) is 4.79 Å². The molecule has 5 aliphatic rings. The topological polar surface area (TPSA) is 64.7 Å². The molecule has 5 fully saturated rings. The minimum absolute atomic E-state index is 0.0598. The second kappa shape index (κ2) is 8.24. The molecule has 30 heavy (non-hydrogen) atoms. The number of nitrogens with zero attached hydrogens (tertiary/aromatic N) is 2. The molecule has 4 saturated carbocycles. The fraction of sp³-hybridized carbons (Fsp3) is 0.739. The highest BCUT2D eigenvalue weighted by Gasteiger charge is 2.51. The molecule has 4 aliphatic carbocycles. The molecule has 0 radical (unpaired) electrons. The van der Waals surface area contributed by atoms with E-state index in [1.54, 1.807) is 11.3 Å². The maximum Gasteiger partial charge on any atom is 0.321 e. The molecule has 1 saturated heterocycles. The van der Waals surface area contributed by atoms with E-state index in [1.807, 2.05) is 6.92 Å². The molecule has 0 unspecified atom stereocenters. The number of carbonyl (C=O) groups is 2. The van der Waals surface area contributed by atoms with Crippen LogP contribution < -0.4 is 10.6 Å². The summed E-state index contributed by atoms with van der Waals surface area (Å²) < 4.78 is 0. The average Bonchev–Trinajstić information content (AvgIpc) is 3.19. The summed E-state index contributed by atoms with van der Waals surface area (Å²) in [5, 5.41) is 8.02. The van der Waals surface area contributed by atoms with Crippen LogP contribution in [0.2, 0.25) is 0 Å². The molecular weight excluding hydrogens is 396 g/mol. The van der Waals surface area contributed by atoms with Gasteiger partial charge in [0, 0.05) is 43.1 Å². The maximum absolute atomic E-state index is 12.8. The highest BCUT2D eigenvalue weighted by Crippen LogP contribution is 2.55. The highest BCUT2D eigenvalue weighted by molar-refractivity contribution is 7.09. The van der Waals surface area contributed by atoms with Crippen molar-refractivity contribution in [1.82, 2.24) is 20.4 Å². The van der Waals surface area contributed by atoms with Crippen LogP contribution in [0.4, 0.5) is 4.79 Å². The van der Waals surface area contributed by atoms with Crippen molar-refractivity contribution in [1.29, 1.82) is 0 Å². The minimum Gasteiger partial charge on any atom is -0.332 e. The molecule has 2 N–H and O–H groups in total. The van der Waals surface area contributed by atoms with Gasteiger partial charge >= 0.3 is 6.03 Å². The van der Waals surface area contributed by atoms with E-state index in [2.05, 4.69) is 37.9 Å². The van der Waals surface area contributed by atoms with Gasteiger partial charge in [0.1, 0.15) is 0 Å². The summed E-state index contributed by atoms with van der Waals surface area (Å²) in [6.45, 7) is 6.53. The van der Waals surface area contributed by atoms with Crippen LogP contribution >= 0.6 is 11.3 Å². The lowest BCUT2D eigenvalue weighted by atomic mass is 9.53. The van der Waals surface area contributed by atoms with Crippen LogP contribution in [0, 0.1) is 17.8 Å². The van der Waals surface area contributed by atoms with E-state index in [9.17, 15) is 9.59 Å². The van der Waals surface area contributed by atoms with Crippen LogP contribution in [-0.2, 0) is 11.3 Å². The van der Waals surface area contributed by atoms with Gasteiger partial charge in [-0.3, -0.25) is 19.9 Å². The molecule has 3 amide bonds. The molecule has 6 nitrogen and oxygen atoms in total. The third-order valence-electron chi connectivity index (χ3n) is 7.95. The van der Waals surface area contributed by atoms with Gasteiger partial charge in [-0.1, -0.05) is 6.07 Å². The number of rotatable bonds is 5. The summed E-state index contributed by atoms with van der Waals surface area (Å²) in [5.41, 5.74) is -0.0598. The highest BCUT2D eigenvalue weighted by atomic mass is 32.1. The van der Waals surface area contributed by atoms with E-state index in [0.717, 1.165) is 69.7 Å². The zero-order chi connectivity index (χ0) is 20.7. The van der Waals surface area contributed by atoms with Crippen LogP contribution in [0.3, 0.4) is 0 Å². The minimum atomic E-state index is -0.287. The summed E-state index contributed by atoms with van der Waals surface area (Å²) in [4.78, 5) is 31.5. The average molecular weight is 431 g/mol. The Bertz CT molecular complexity index is 737. The molecule has 1 atom stereocenters. The summed E-state index contributed by atoms with van der Waals surface area (Å²) in [6, 6.07) is 3.70. The van der Waals surface area contributed by atoms with E-state index in [1.165, 1.54) is 24.1 Å². The molecule has 0 spiro atoms. The Morgan fingerprint density at radius 3 is 2.30 bits per heavy atom. The zero-order valence-corrected chi connectivity index (χ0v) is 18.8. The number of amides is 3. The van der Waals surface area contributed by atoms with Crippen molar-refractivity contribution >= 4 is 23.3 Å². The first-order valence-corrected chi connectivity index (χ1v) is 12.5. The number of hydrogen-bond donors (Lipinski definition) is 2. The number of imide groups is 1. The number of piperazine rings is 1. The molecule has 1 aromatic heterocycles. The molecule has 164 valence electrons. The summed E-state index contributed by atoms with van der Waals surface area (Å²) in [6.07, 6.45) is 7.33. The van der Waals surface area contributed by atoms with Crippen molar-refractivity contribution in [3.05, 3.63) is 22.4 Å². The van der Waals surface area contributed by atoms with Crippen LogP contribution in [0.1, 0.15) is 50.3 Å². The van der Waals surface area contributed by atoms with E-state index in [4.69, 9.17) is 0 Å². The first-order valence-electron chi connectivity index (χ1n) is 11.6. The largest absolute Gasteiger partial charge is 0.332 e. The van der Waals surface area contributed by atoms with Gasteiger partial charge in [0.2, 0.25) is 5.91 Å². The maximum atomic E-state index is 12.8. The van der Waals surface area contributed by atoms with Gasteiger partial charge in [0.15, 0.2) is 0 Å². The van der Waals surface area contributed by atoms with Crippen LogP contribution in [-0.4, -0.2) is 59.5 Å². The number of urea groups is 1. The Balaban J connectivity index is 1.09. The number of hydrogen-bond acceptors (Lipinski definition) is 5. The van der Waals surface area contributed by atoms with Crippen LogP contribution in [0.5, 0.6) is 0 Å². The molecule has 1 aromatic rings. The van der Waals surface area contributed by atoms with E-state index in [0.29, 0.717) is 0 Å². The van der Waals surface area contributed by atoms with Gasteiger partial charge in [0.05, 0.1) is 6.04 Å². The molecule has 4 bridgehead atoms. The number of carbonyl (C=O) groups excluding carboxylic acids is 2. The number of nitrogens with one attached hydrogen (secondary N) is 2. The lowest BCUT2D eigenvalue weighted by molar-refractivity contribution is -0.125. The standard InChI is InChI=1S/C23H34N4O2S/c1-16(27-6-4-26(5-7-27)15-20-3-2-8-30-20)21(28)24-22(29)25-23-12-17-9-18(13-23)11-19(10-17)14-23/h2-3,8,16-19H,4-7,9-15H2,1H3,(H2,24,25,28,29)/t16-,17?,18?,19?,23?/m1/s1. The summed E-state index contributed by atoms with van der Waals surface area (Å²) >= 11 is 1.79. The van der Waals surface area contributed by atoms with Crippen molar-refractivity contribution < 1.29 is 9.59 Å². The second-order valence-corrected chi connectivity index (χ2v) is 11.2. The van der Waals surface area contributed by atoms with Crippen LogP contribution in [0.25, 0.3) is 0 Å². The van der Waals surface area contributed by atoms with E-state index < -0.39 is 0 Å². The lowest BCUT2D eigenvalue weighted by Gasteiger charge is -2.56. The third-order valence-corrected chi connectivity index (χ3v) is 8.81. The van der Waals surface area contributed by atoms with Gasteiger partial charge in [0.25, 0.3) is 0 Å². The fourth-order valence-electron chi connectivity index (χ4n) is 6.85. The fourth-order valence-corrected chi connectivity index (χ4v) is 7.60. The molecule has 1 aliphatic heterocycles. The quantitative estimate of drug-likeness (QED) is 0.754. The van der Waals surface area contributed by atoms with Crippen molar-refractivity contribution in [2.24, 2.45) is 17.8 Å². The Labute approximate surface area is 183 Å². The Morgan fingerprint density at radius 2 is 1.73 bits per heavy atom. The predicted octanol–water partition coefficient (Wildman–Crippen LogP) is 3.05. The van der Waals surface area contributed by atoms with E-state index in [-0.39, 0.29) is 23.5 Å². The van der Waals surface area contributed by atoms with Crippen molar-refractivity contribution in [3.63, 3.8) is 0 Å². The lowest BCUT2D eigenvalue weighted by Crippen LogP contribution is -2.63. The van der Waals surface area contributed by atoms with Crippen molar-refractivity contribution in [3.8, 4) is 0 Å². The van der Waals surface area contributed by atoms with Gasteiger partial charge < -0.3 is 5.32 Å². The molecule has 7 heteroatoms. The molecular formula is C23H34N4O2S. The van der Waals surface area contributed by atoms with E-state index >= 15 is 0 Å². The van der Waals surface area contributed by atoms with Gasteiger partial charge in [-0.2, -0.15) is 0 Å². The van der Waals surface area contributed by atoms with Gasteiger partial charge in [-0.05, 0) is 74.6 Å². The zero-order valence-electron chi connectivity index (χ0n) is 17.9. The first kappa shape index (κ1) is 20.5. The van der Waals surface area contributed by atoms with Crippen molar-refractivity contribution in [2.75, 3.05) is 26.2 Å².